The minimum atomic E-state index is -0.704. The van der Waals surface area contributed by atoms with Crippen LogP contribution in [0.1, 0.15) is 50.7 Å². The van der Waals surface area contributed by atoms with E-state index >= 15 is 0 Å². The summed E-state index contributed by atoms with van der Waals surface area (Å²) in [6.07, 6.45) is 5.27. The summed E-state index contributed by atoms with van der Waals surface area (Å²) in [6.45, 7) is 1.63. The molecular formula is C14H19FO2. The van der Waals surface area contributed by atoms with E-state index < -0.39 is 6.10 Å². The third-order valence-electron chi connectivity index (χ3n) is 3.27. The zero-order valence-corrected chi connectivity index (χ0v) is 10.2. The predicted octanol–water partition coefficient (Wildman–Crippen LogP) is 3.59. The van der Waals surface area contributed by atoms with Crippen LogP contribution in [0, 0.1) is 5.82 Å². The summed E-state index contributed by atoms with van der Waals surface area (Å²) >= 11 is 0. The molecule has 0 amide bonds. The van der Waals surface area contributed by atoms with Crippen LogP contribution in [0.3, 0.4) is 0 Å². The third-order valence-corrected chi connectivity index (χ3v) is 3.27. The van der Waals surface area contributed by atoms with Crippen molar-refractivity contribution < 1.29 is 14.2 Å². The maximum absolute atomic E-state index is 13.1. The van der Waals surface area contributed by atoms with Crippen LogP contribution in [-0.4, -0.2) is 11.2 Å². The number of hydrogen-bond donors (Lipinski definition) is 1. The second-order valence-corrected chi connectivity index (χ2v) is 4.74. The van der Waals surface area contributed by atoms with Crippen LogP contribution in [0.25, 0.3) is 0 Å². The Morgan fingerprint density at radius 2 is 2.00 bits per heavy atom. The van der Waals surface area contributed by atoms with Gasteiger partial charge >= 0.3 is 0 Å². The van der Waals surface area contributed by atoms with Crippen molar-refractivity contribution in [3.63, 3.8) is 0 Å². The van der Waals surface area contributed by atoms with Gasteiger partial charge in [0.05, 0.1) is 12.2 Å². The molecule has 1 N–H and O–H groups in total. The van der Waals surface area contributed by atoms with Crippen molar-refractivity contribution in [2.24, 2.45) is 0 Å². The summed E-state index contributed by atoms with van der Waals surface area (Å²) in [5.74, 6) is 0.283. The molecule has 0 saturated heterocycles. The molecule has 3 heteroatoms. The van der Waals surface area contributed by atoms with Crippen molar-refractivity contribution >= 4 is 0 Å². The van der Waals surface area contributed by atoms with Crippen molar-refractivity contribution in [1.29, 1.82) is 0 Å². The van der Waals surface area contributed by atoms with Gasteiger partial charge in [0, 0.05) is 5.56 Å². The van der Waals surface area contributed by atoms with Gasteiger partial charge in [0.25, 0.3) is 0 Å². The molecule has 0 unspecified atom stereocenters. The molecule has 0 bridgehead atoms. The highest BCUT2D eigenvalue weighted by molar-refractivity contribution is 5.35. The van der Waals surface area contributed by atoms with E-state index in [0.717, 1.165) is 12.8 Å². The first-order valence-corrected chi connectivity index (χ1v) is 6.31. The number of ether oxygens (including phenoxy) is 1. The van der Waals surface area contributed by atoms with E-state index in [-0.39, 0.29) is 11.9 Å². The van der Waals surface area contributed by atoms with Crippen molar-refractivity contribution in [3.8, 4) is 5.75 Å². The Kier molecular flexibility index (Phi) is 4.00. The smallest absolute Gasteiger partial charge is 0.125 e. The second-order valence-electron chi connectivity index (χ2n) is 4.74. The van der Waals surface area contributed by atoms with Crippen molar-refractivity contribution in [2.75, 3.05) is 0 Å². The average Bonchev–Trinajstić information content (AvgIpc) is 2.32. The van der Waals surface area contributed by atoms with Gasteiger partial charge in [0.2, 0.25) is 0 Å². The summed E-state index contributed by atoms with van der Waals surface area (Å²) in [5.41, 5.74) is 0.538. The topological polar surface area (TPSA) is 29.5 Å². The van der Waals surface area contributed by atoms with Gasteiger partial charge in [-0.2, -0.15) is 0 Å². The van der Waals surface area contributed by atoms with Crippen LogP contribution in [0.2, 0.25) is 0 Å². The molecule has 1 saturated carbocycles. The molecule has 0 spiro atoms. The van der Waals surface area contributed by atoms with Gasteiger partial charge in [-0.05, 0) is 50.8 Å². The molecule has 0 aromatic heterocycles. The van der Waals surface area contributed by atoms with Crippen LogP contribution in [0.5, 0.6) is 5.75 Å². The van der Waals surface area contributed by atoms with Gasteiger partial charge in [-0.15, -0.1) is 0 Å². The lowest BCUT2D eigenvalue weighted by molar-refractivity contribution is 0.142. The van der Waals surface area contributed by atoms with E-state index in [1.54, 1.807) is 13.0 Å². The highest BCUT2D eigenvalue weighted by atomic mass is 19.1. The lowest BCUT2D eigenvalue weighted by Gasteiger charge is -2.24. The molecule has 0 radical (unpaired) electrons. The molecule has 2 nitrogen and oxygen atoms in total. The highest BCUT2D eigenvalue weighted by Gasteiger charge is 2.18. The van der Waals surface area contributed by atoms with Gasteiger partial charge in [-0.25, -0.2) is 4.39 Å². The molecule has 1 atom stereocenters. The van der Waals surface area contributed by atoms with Gasteiger partial charge < -0.3 is 9.84 Å². The lowest BCUT2D eigenvalue weighted by Crippen LogP contribution is -2.20. The first-order chi connectivity index (χ1) is 8.16. The monoisotopic (exact) mass is 238 g/mol. The second kappa shape index (κ2) is 5.50. The number of rotatable bonds is 3. The van der Waals surface area contributed by atoms with Gasteiger partial charge in [-0.3, -0.25) is 0 Å². The molecule has 1 aromatic carbocycles. The quantitative estimate of drug-likeness (QED) is 0.872. The fourth-order valence-corrected chi connectivity index (χ4v) is 2.32. The molecule has 1 aliphatic carbocycles. The molecule has 1 aromatic rings. The summed E-state index contributed by atoms with van der Waals surface area (Å²) in [6, 6.07) is 4.35. The zero-order chi connectivity index (χ0) is 12.3. The normalized spacial score (nSPS) is 19.0. The van der Waals surface area contributed by atoms with Gasteiger partial charge in [0.15, 0.2) is 0 Å². The van der Waals surface area contributed by atoms with Crippen LogP contribution < -0.4 is 4.74 Å². The molecule has 0 heterocycles. The average molecular weight is 238 g/mol. The Labute approximate surface area is 101 Å². The van der Waals surface area contributed by atoms with Crippen molar-refractivity contribution in [1.82, 2.24) is 0 Å². The molecule has 94 valence electrons. The van der Waals surface area contributed by atoms with Crippen molar-refractivity contribution in [3.05, 3.63) is 29.6 Å². The minimum absolute atomic E-state index is 0.215. The molecule has 1 fully saturated rings. The van der Waals surface area contributed by atoms with Crippen molar-refractivity contribution in [2.45, 2.75) is 51.2 Å². The molecule has 0 aliphatic heterocycles. The lowest BCUT2D eigenvalue weighted by atomic mass is 9.97. The molecule has 1 aliphatic rings. The standard InChI is InChI=1S/C14H19FO2/c1-10(16)13-9-11(15)7-8-14(13)17-12-5-3-2-4-6-12/h7-10,12,16H,2-6H2,1H3/t10-/m1/s1. The molecule has 17 heavy (non-hydrogen) atoms. The number of aliphatic hydroxyl groups is 1. The minimum Gasteiger partial charge on any atom is -0.490 e. The van der Waals surface area contributed by atoms with Crippen LogP contribution in [-0.2, 0) is 0 Å². The third kappa shape index (κ3) is 3.19. The Morgan fingerprint density at radius 3 is 2.65 bits per heavy atom. The summed E-state index contributed by atoms with van der Waals surface area (Å²) in [4.78, 5) is 0. The van der Waals surface area contributed by atoms with Gasteiger partial charge in [-0.1, -0.05) is 6.42 Å². The summed E-state index contributed by atoms with van der Waals surface area (Å²) in [7, 11) is 0. The summed E-state index contributed by atoms with van der Waals surface area (Å²) in [5, 5.41) is 9.61. The van der Waals surface area contributed by atoms with E-state index in [0.29, 0.717) is 11.3 Å². The maximum Gasteiger partial charge on any atom is 0.125 e. The first-order valence-electron chi connectivity index (χ1n) is 6.31. The number of hydrogen-bond acceptors (Lipinski definition) is 2. The largest absolute Gasteiger partial charge is 0.490 e. The fraction of sp³-hybridized carbons (Fsp3) is 0.571. The van der Waals surface area contributed by atoms with E-state index in [4.69, 9.17) is 4.74 Å². The SMILES string of the molecule is C[C@@H](O)c1cc(F)ccc1OC1CCCCC1. The number of benzene rings is 1. The van der Waals surface area contributed by atoms with Crippen LogP contribution >= 0.6 is 0 Å². The molecule has 2 rings (SSSR count). The Morgan fingerprint density at radius 1 is 1.29 bits per heavy atom. The van der Waals surface area contributed by atoms with Gasteiger partial charge in [0.1, 0.15) is 11.6 Å². The predicted molar refractivity (Wildman–Crippen MR) is 64.5 cm³/mol. The maximum atomic E-state index is 13.1. The highest BCUT2D eigenvalue weighted by Crippen LogP contribution is 2.30. The zero-order valence-electron chi connectivity index (χ0n) is 10.2. The van der Waals surface area contributed by atoms with Crippen LogP contribution in [0.4, 0.5) is 4.39 Å². The number of halogens is 1. The Hall–Kier alpha value is -1.09. The summed E-state index contributed by atoms with van der Waals surface area (Å²) < 4.78 is 19.0. The van der Waals surface area contributed by atoms with E-state index in [1.807, 2.05) is 0 Å². The first kappa shape index (κ1) is 12.4. The fourth-order valence-electron chi connectivity index (χ4n) is 2.32. The Bertz CT molecular complexity index is 370. The van der Waals surface area contributed by atoms with E-state index in [1.165, 1.54) is 31.4 Å². The van der Waals surface area contributed by atoms with E-state index in [2.05, 4.69) is 0 Å². The number of aliphatic hydroxyl groups excluding tert-OH is 1. The van der Waals surface area contributed by atoms with E-state index in [9.17, 15) is 9.50 Å². The Balaban J connectivity index is 2.13. The van der Waals surface area contributed by atoms with Crippen LogP contribution in [0.15, 0.2) is 18.2 Å². The molecular weight excluding hydrogens is 219 g/mol.